The SMILES string of the molecule is CCC(CC)(CN)Cc1ccc(Cl)cc1. The van der Waals surface area contributed by atoms with E-state index in [0.717, 1.165) is 30.8 Å². The first-order valence-electron chi connectivity index (χ1n) is 5.60. The van der Waals surface area contributed by atoms with Crippen molar-refractivity contribution in [3.05, 3.63) is 34.9 Å². The van der Waals surface area contributed by atoms with Crippen molar-refractivity contribution in [2.45, 2.75) is 33.1 Å². The summed E-state index contributed by atoms with van der Waals surface area (Å²) in [6, 6.07) is 8.09. The Bertz CT molecular complexity index is 280. The largest absolute Gasteiger partial charge is 0.330 e. The van der Waals surface area contributed by atoms with Gasteiger partial charge in [-0.1, -0.05) is 37.6 Å². The molecule has 15 heavy (non-hydrogen) atoms. The van der Waals surface area contributed by atoms with Gasteiger partial charge in [0.25, 0.3) is 0 Å². The number of rotatable bonds is 5. The van der Waals surface area contributed by atoms with Crippen LogP contribution >= 0.6 is 11.6 Å². The highest BCUT2D eigenvalue weighted by Crippen LogP contribution is 2.29. The van der Waals surface area contributed by atoms with E-state index in [-0.39, 0.29) is 5.41 Å². The van der Waals surface area contributed by atoms with E-state index in [0.29, 0.717) is 0 Å². The summed E-state index contributed by atoms with van der Waals surface area (Å²) in [6.07, 6.45) is 3.30. The Morgan fingerprint density at radius 1 is 1.13 bits per heavy atom. The van der Waals surface area contributed by atoms with E-state index in [1.165, 1.54) is 5.56 Å². The zero-order valence-electron chi connectivity index (χ0n) is 9.59. The predicted molar refractivity (Wildman–Crippen MR) is 67.2 cm³/mol. The molecule has 1 aromatic carbocycles. The second-order valence-corrected chi connectivity index (χ2v) is 4.65. The molecule has 0 heterocycles. The van der Waals surface area contributed by atoms with Gasteiger partial charge in [-0.25, -0.2) is 0 Å². The van der Waals surface area contributed by atoms with Crippen LogP contribution in [-0.2, 0) is 6.42 Å². The molecule has 0 fully saturated rings. The third-order valence-corrected chi connectivity index (χ3v) is 3.68. The van der Waals surface area contributed by atoms with E-state index in [4.69, 9.17) is 17.3 Å². The van der Waals surface area contributed by atoms with Crippen LogP contribution < -0.4 is 5.73 Å². The molecular formula is C13H20ClN. The molecule has 0 aliphatic carbocycles. The average molecular weight is 226 g/mol. The van der Waals surface area contributed by atoms with Crippen LogP contribution in [0.1, 0.15) is 32.3 Å². The van der Waals surface area contributed by atoms with Gasteiger partial charge >= 0.3 is 0 Å². The predicted octanol–water partition coefficient (Wildman–Crippen LogP) is 3.65. The van der Waals surface area contributed by atoms with Gasteiger partial charge in [-0.2, -0.15) is 0 Å². The van der Waals surface area contributed by atoms with Crippen LogP contribution in [0.3, 0.4) is 0 Å². The summed E-state index contributed by atoms with van der Waals surface area (Å²) in [6.45, 7) is 5.18. The standard InChI is InChI=1S/C13H20ClN/c1-3-13(4-2,10-15)9-11-5-7-12(14)8-6-11/h5-8H,3-4,9-10,15H2,1-2H3. The number of nitrogens with two attached hydrogens (primary N) is 1. The number of hydrogen-bond acceptors (Lipinski definition) is 1. The van der Waals surface area contributed by atoms with Crippen LogP contribution in [-0.4, -0.2) is 6.54 Å². The van der Waals surface area contributed by atoms with E-state index in [1.807, 2.05) is 12.1 Å². The van der Waals surface area contributed by atoms with E-state index in [2.05, 4.69) is 26.0 Å². The molecule has 0 spiro atoms. The molecule has 0 saturated carbocycles. The van der Waals surface area contributed by atoms with Gasteiger partial charge in [0.05, 0.1) is 0 Å². The lowest BCUT2D eigenvalue weighted by molar-refractivity contribution is 0.271. The third-order valence-electron chi connectivity index (χ3n) is 3.43. The monoisotopic (exact) mass is 225 g/mol. The van der Waals surface area contributed by atoms with Crippen molar-refractivity contribution in [3.8, 4) is 0 Å². The van der Waals surface area contributed by atoms with Gasteiger partial charge in [0, 0.05) is 5.02 Å². The molecule has 0 radical (unpaired) electrons. The molecule has 0 aromatic heterocycles. The van der Waals surface area contributed by atoms with Crippen molar-refractivity contribution >= 4 is 11.6 Å². The van der Waals surface area contributed by atoms with E-state index in [1.54, 1.807) is 0 Å². The van der Waals surface area contributed by atoms with Crippen molar-refractivity contribution in [2.75, 3.05) is 6.54 Å². The molecule has 0 aliphatic heterocycles. The van der Waals surface area contributed by atoms with Crippen LogP contribution in [0.4, 0.5) is 0 Å². The Morgan fingerprint density at radius 2 is 1.67 bits per heavy atom. The highest BCUT2D eigenvalue weighted by molar-refractivity contribution is 6.30. The van der Waals surface area contributed by atoms with Crippen LogP contribution in [0, 0.1) is 5.41 Å². The summed E-state index contributed by atoms with van der Waals surface area (Å²) in [4.78, 5) is 0. The fourth-order valence-corrected chi connectivity index (χ4v) is 2.02. The summed E-state index contributed by atoms with van der Waals surface area (Å²) in [7, 11) is 0. The summed E-state index contributed by atoms with van der Waals surface area (Å²) >= 11 is 5.86. The molecule has 1 nitrogen and oxygen atoms in total. The van der Waals surface area contributed by atoms with Gasteiger partial charge in [-0.15, -0.1) is 0 Å². The zero-order chi connectivity index (χ0) is 11.3. The van der Waals surface area contributed by atoms with Crippen molar-refractivity contribution in [2.24, 2.45) is 11.1 Å². The maximum absolute atomic E-state index is 5.88. The highest BCUT2D eigenvalue weighted by Gasteiger charge is 2.24. The molecule has 2 N–H and O–H groups in total. The van der Waals surface area contributed by atoms with Gasteiger partial charge < -0.3 is 5.73 Å². The minimum absolute atomic E-state index is 0.258. The summed E-state index contributed by atoms with van der Waals surface area (Å²) in [5.41, 5.74) is 7.47. The molecule has 0 atom stereocenters. The maximum Gasteiger partial charge on any atom is 0.0406 e. The minimum Gasteiger partial charge on any atom is -0.330 e. The first-order valence-corrected chi connectivity index (χ1v) is 5.98. The summed E-state index contributed by atoms with van der Waals surface area (Å²) in [5.74, 6) is 0. The highest BCUT2D eigenvalue weighted by atomic mass is 35.5. The van der Waals surface area contributed by atoms with Crippen LogP contribution in [0.5, 0.6) is 0 Å². The Kier molecular flexibility index (Phi) is 4.62. The van der Waals surface area contributed by atoms with Gasteiger partial charge in [0.1, 0.15) is 0 Å². The molecule has 0 unspecified atom stereocenters. The van der Waals surface area contributed by atoms with Crippen molar-refractivity contribution < 1.29 is 0 Å². The smallest absolute Gasteiger partial charge is 0.0406 e. The molecule has 0 aliphatic rings. The van der Waals surface area contributed by atoms with E-state index < -0.39 is 0 Å². The third kappa shape index (κ3) is 3.22. The van der Waals surface area contributed by atoms with Gasteiger partial charge in [-0.3, -0.25) is 0 Å². The quantitative estimate of drug-likeness (QED) is 0.814. The molecule has 1 aromatic rings. The van der Waals surface area contributed by atoms with Crippen LogP contribution in [0.25, 0.3) is 0 Å². The summed E-state index contributed by atoms with van der Waals surface area (Å²) < 4.78 is 0. The first kappa shape index (κ1) is 12.5. The number of benzene rings is 1. The van der Waals surface area contributed by atoms with Gasteiger partial charge in [0.15, 0.2) is 0 Å². The molecule has 84 valence electrons. The Balaban J connectivity index is 2.78. The van der Waals surface area contributed by atoms with E-state index in [9.17, 15) is 0 Å². The lowest BCUT2D eigenvalue weighted by atomic mass is 9.77. The van der Waals surface area contributed by atoms with Gasteiger partial charge in [0.2, 0.25) is 0 Å². The molecule has 2 heteroatoms. The topological polar surface area (TPSA) is 26.0 Å². The van der Waals surface area contributed by atoms with Crippen LogP contribution in [0.15, 0.2) is 24.3 Å². The fraction of sp³-hybridized carbons (Fsp3) is 0.538. The zero-order valence-corrected chi connectivity index (χ0v) is 10.3. The normalized spacial score (nSPS) is 11.7. The Morgan fingerprint density at radius 3 is 2.07 bits per heavy atom. The summed E-state index contributed by atoms with van der Waals surface area (Å²) in [5, 5.41) is 0.796. The first-order chi connectivity index (χ1) is 7.15. The van der Waals surface area contributed by atoms with Crippen molar-refractivity contribution in [3.63, 3.8) is 0 Å². The second-order valence-electron chi connectivity index (χ2n) is 4.21. The van der Waals surface area contributed by atoms with Crippen molar-refractivity contribution in [1.82, 2.24) is 0 Å². The lowest BCUT2D eigenvalue weighted by Gasteiger charge is -2.30. The fourth-order valence-electron chi connectivity index (χ4n) is 1.90. The second kappa shape index (κ2) is 5.53. The lowest BCUT2D eigenvalue weighted by Crippen LogP contribution is -2.31. The van der Waals surface area contributed by atoms with E-state index >= 15 is 0 Å². The Hall–Kier alpha value is -0.530. The molecule has 0 bridgehead atoms. The molecule has 1 rings (SSSR count). The van der Waals surface area contributed by atoms with Crippen LogP contribution in [0.2, 0.25) is 5.02 Å². The number of hydrogen-bond donors (Lipinski definition) is 1. The molecule has 0 saturated heterocycles. The van der Waals surface area contributed by atoms with Crippen molar-refractivity contribution in [1.29, 1.82) is 0 Å². The molecule has 0 amide bonds. The Labute approximate surface area is 97.6 Å². The molecular weight excluding hydrogens is 206 g/mol. The van der Waals surface area contributed by atoms with Gasteiger partial charge in [-0.05, 0) is 48.9 Å². The average Bonchev–Trinajstić information content (AvgIpc) is 2.29. The number of halogens is 1. The minimum atomic E-state index is 0.258. The maximum atomic E-state index is 5.88.